The average molecular weight is 248 g/mol. The lowest BCUT2D eigenvalue weighted by Crippen LogP contribution is -2.04. The van der Waals surface area contributed by atoms with Gasteiger partial charge in [0.2, 0.25) is 0 Å². The zero-order valence-corrected chi connectivity index (χ0v) is 11.1. The Labute approximate surface area is 108 Å². The smallest absolute Gasteiger partial charge is 0.0801 e. The third-order valence-corrected chi connectivity index (χ3v) is 2.82. The minimum absolute atomic E-state index is 0.711. The maximum absolute atomic E-state index is 4.32. The Balaban J connectivity index is 1.64. The van der Waals surface area contributed by atoms with Gasteiger partial charge in [0.1, 0.15) is 0 Å². The fraction of sp³-hybridized carbons (Fsp3) is 0.667. The van der Waals surface area contributed by atoms with Gasteiger partial charge in [0.15, 0.2) is 0 Å². The zero-order valence-electron chi connectivity index (χ0n) is 11.1. The highest BCUT2D eigenvalue weighted by atomic mass is 15.5. The molecule has 0 unspecified atom stereocenters. The van der Waals surface area contributed by atoms with Gasteiger partial charge in [-0.1, -0.05) is 0 Å². The molecule has 0 aromatic heterocycles. The van der Waals surface area contributed by atoms with Crippen LogP contribution in [0.3, 0.4) is 0 Å². The van der Waals surface area contributed by atoms with Gasteiger partial charge in [-0.15, -0.1) is 0 Å². The van der Waals surface area contributed by atoms with E-state index >= 15 is 0 Å². The molecule has 98 valence electrons. The van der Waals surface area contributed by atoms with E-state index < -0.39 is 0 Å². The second-order valence-electron chi connectivity index (χ2n) is 4.52. The van der Waals surface area contributed by atoms with Gasteiger partial charge >= 0.3 is 0 Å². The van der Waals surface area contributed by atoms with Crippen molar-refractivity contribution in [2.75, 3.05) is 40.3 Å². The molecule has 2 heterocycles. The van der Waals surface area contributed by atoms with Gasteiger partial charge in [-0.05, 0) is 0 Å². The van der Waals surface area contributed by atoms with Crippen molar-refractivity contribution in [3.63, 3.8) is 0 Å². The monoisotopic (exact) mass is 248 g/mol. The number of hydrogen-bond acceptors (Lipinski definition) is 6. The Morgan fingerprint density at radius 2 is 1.39 bits per heavy atom. The maximum atomic E-state index is 4.32. The van der Waals surface area contributed by atoms with Crippen LogP contribution in [0.1, 0.15) is 12.8 Å². The standard InChI is InChI=1S/C12H20N6/c1-17-7-3-11(15-17)9-13-5-6-14-10-12-4-8-18(2)16-12/h9-10H,3-8H2,1-2H3/b13-9+,14-10+. The van der Waals surface area contributed by atoms with E-state index in [1.54, 1.807) is 0 Å². The lowest BCUT2D eigenvalue weighted by molar-refractivity contribution is 0.393. The Morgan fingerprint density at radius 3 is 1.72 bits per heavy atom. The molecule has 0 aliphatic carbocycles. The first-order valence-corrected chi connectivity index (χ1v) is 6.31. The molecule has 2 aliphatic heterocycles. The summed E-state index contributed by atoms with van der Waals surface area (Å²) >= 11 is 0. The van der Waals surface area contributed by atoms with Crippen LogP contribution in [-0.4, -0.2) is 74.1 Å². The summed E-state index contributed by atoms with van der Waals surface area (Å²) in [6, 6.07) is 0. The Hall–Kier alpha value is -1.72. The van der Waals surface area contributed by atoms with Crippen molar-refractivity contribution in [1.29, 1.82) is 0 Å². The van der Waals surface area contributed by atoms with E-state index in [0.717, 1.165) is 37.4 Å². The van der Waals surface area contributed by atoms with Crippen LogP contribution in [0.2, 0.25) is 0 Å². The molecule has 0 radical (unpaired) electrons. The molecule has 18 heavy (non-hydrogen) atoms. The molecule has 0 saturated heterocycles. The first kappa shape index (κ1) is 12.7. The van der Waals surface area contributed by atoms with E-state index in [9.17, 15) is 0 Å². The summed E-state index contributed by atoms with van der Waals surface area (Å²) in [5.41, 5.74) is 2.12. The van der Waals surface area contributed by atoms with E-state index in [0.29, 0.717) is 13.1 Å². The summed E-state index contributed by atoms with van der Waals surface area (Å²) in [4.78, 5) is 8.64. The van der Waals surface area contributed by atoms with Crippen LogP contribution in [0, 0.1) is 0 Å². The first-order chi connectivity index (χ1) is 8.74. The van der Waals surface area contributed by atoms with Crippen molar-refractivity contribution < 1.29 is 0 Å². The molecule has 0 amide bonds. The van der Waals surface area contributed by atoms with Crippen LogP contribution in [0.25, 0.3) is 0 Å². The highest BCUT2D eigenvalue weighted by Gasteiger charge is 2.08. The summed E-state index contributed by atoms with van der Waals surface area (Å²) in [6.07, 6.45) is 5.71. The van der Waals surface area contributed by atoms with Crippen molar-refractivity contribution in [2.45, 2.75) is 12.8 Å². The second-order valence-corrected chi connectivity index (χ2v) is 4.52. The Morgan fingerprint density at radius 1 is 0.944 bits per heavy atom. The van der Waals surface area contributed by atoms with Gasteiger partial charge in [0.25, 0.3) is 0 Å². The SMILES string of the molecule is CN1CCC(/C=N/CC/N=C/C2=NN(C)CC2)=N1. The van der Waals surface area contributed by atoms with Gasteiger partial charge in [0.05, 0.1) is 24.5 Å². The van der Waals surface area contributed by atoms with Gasteiger partial charge < -0.3 is 0 Å². The van der Waals surface area contributed by atoms with Crippen molar-refractivity contribution in [1.82, 2.24) is 10.0 Å². The van der Waals surface area contributed by atoms with Crippen LogP contribution in [-0.2, 0) is 0 Å². The lowest BCUT2D eigenvalue weighted by Gasteiger charge is -2.00. The average Bonchev–Trinajstić information content (AvgIpc) is 2.93. The molecule has 0 spiro atoms. The topological polar surface area (TPSA) is 55.9 Å². The molecule has 6 nitrogen and oxygen atoms in total. The summed E-state index contributed by atoms with van der Waals surface area (Å²) in [6.45, 7) is 3.41. The summed E-state index contributed by atoms with van der Waals surface area (Å²) < 4.78 is 0. The minimum atomic E-state index is 0.711. The van der Waals surface area contributed by atoms with Crippen LogP contribution >= 0.6 is 0 Å². The van der Waals surface area contributed by atoms with Gasteiger partial charge in [-0.25, -0.2) is 0 Å². The van der Waals surface area contributed by atoms with E-state index in [4.69, 9.17) is 0 Å². The van der Waals surface area contributed by atoms with E-state index in [2.05, 4.69) is 20.2 Å². The zero-order chi connectivity index (χ0) is 12.8. The molecule has 2 rings (SSSR count). The van der Waals surface area contributed by atoms with E-state index in [1.165, 1.54) is 0 Å². The number of hydrazone groups is 2. The number of hydrogen-bond donors (Lipinski definition) is 0. The highest BCUT2D eigenvalue weighted by molar-refractivity contribution is 6.31. The molecular formula is C12H20N6. The third-order valence-electron chi connectivity index (χ3n) is 2.82. The van der Waals surface area contributed by atoms with Crippen molar-refractivity contribution in [3.8, 4) is 0 Å². The molecule has 0 aromatic carbocycles. The molecule has 0 atom stereocenters. The third kappa shape index (κ3) is 3.94. The fourth-order valence-corrected chi connectivity index (χ4v) is 1.83. The van der Waals surface area contributed by atoms with Crippen LogP contribution in [0.15, 0.2) is 20.2 Å². The summed E-state index contributed by atoms with van der Waals surface area (Å²) in [7, 11) is 3.95. The molecule has 0 fully saturated rings. The van der Waals surface area contributed by atoms with Crippen molar-refractivity contribution >= 4 is 23.9 Å². The second kappa shape index (κ2) is 6.28. The maximum Gasteiger partial charge on any atom is 0.0801 e. The molecule has 0 bridgehead atoms. The Kier molecular flexibility index (Phi) is 4.44. The molecule has 0 aromatic rings. The number of nitrogens with zero attached hydrogens (tertiary/aromatic N) is 6. The van der Waals surface area contributed by atoms with Crippen LogP contribution in [0.5, 0.6) is 0 Å². The first-order valence-electron chi connectivity index (χ1n) is 6.31. The van der Waals surface area contributed by atoms with Gasteiger partial charge in [-0.2, -0.15) is 10.2 Å². The van der Waals surface area contributed by atoms with Crippen molar-refractivity contribution in [2.24, 2.45) is 20.2 Å². The molecule has 0 N–H and O–H groups in total. The van der Waals surface area contributed by atoms with Crippen LogP contribution in [0.4, 0.5) is 0 Å². The summed E-state index contributed by atoms with van der Waals surface area (Å²) in [5, 5.41) is 12.5. The van der Waals surface area contributed by atoms with E-state index in [-0.39, 0.29) is 0 Å². The normalized spacial score (nSPS) is 20.3. The highest BCUT2D eigenvalue weighted by Crippen LogP contribution is 2.01. The predicted octanol–water partition coefficient (Wildman–Crippen LogP) is 0.511. The molecule has 0 saturated carbocycles. The molecule has 6 heteroatoms. The lowest BCUT2D eigenvalue weighted by atomic mass is 10.3. The molecule has 2 aliphatic rings. The fourth-order valence-electron chi connectivity index (χ4n) is 1.83. The minimum Gasteiger partial charge on any atom is -0.299 e. The number of rotatable bonds is 5. The van der Waals surface area contributed by atoms with E-state index in [1.807, 2.05) is 36.5 Å². The summed E-state index contributed by atoms with van der Waals surface area (Å²) in [5.74, 6) is 0. The van der Waals surface area contributed by atoms with Gasteiger partial charge in [0, 0.05) is 52.5 Å². The number of aliphatic imine (C=N–C) groups is 2. The Bertz CT molecular complexity index is 357. The quantitative estimate of drug-likeness (QED) is 0.526. The predicted molar refractivity (Wildman–Crippen MR) is 76.1 cm³/mol. The van der Waals surface area contributed by atoms with Gasteiger partial charge in [-0.3, -0.25) is 20.0 Å². The van der Waals surface area contributed by atoms with Crippen LogP contribution < -0.4 is 0 Å². The molecular weight excluding hydrogens is 228 g/mol. The largest absolute Gasteiger partial charge is 0.299 e. The van der Waals surface area contributed by atoms with Crippen molar-refractivity contribution in [3.05, 3.63) is 0 Å².